The average Bonchev–Trinajstić information content (AvgIpc) is 2.41. The summed E-state index contributed by atoms with van der Waals surface area (Å²) in [6, 6.07) is 2.22. The minimum atomic E-state index is -0.525. The third-order valence-electron chi connectivity index (χ3n) is 4.52. The number of nitrogens with one attached hydrogen (secondary N) is 1. The molecular weight excluding hydrogens is 317 g/mol. The van der Waals surface area contributed by atoms with Crippen LogP contribution in [0.25, 0.3) is 0 Å². The Morgan fingerprint density at radius 2 is 1.76 bits per heavy atom. The number of piperazine rings is 1. The number of hydrogen-bond acceptors (Lipinski definition) is 2. The molecule has 118 valence electrons. The minimum absolute atomic E-state index is 0. The largest absolute Gasteiger partial charge is 0.314 e. The van der Waals surface area contributed by atoms with Gasteiger partial charge in [0.25, 0.3) is 0 Å². The van der Waals surface area contributed by atoms with Crippen molar-refractivity contribution in [3.63, 3.8) is 0 Å². The Hall–Kier alpha value is -0.420. The summed E-state index contributed by atoms with van der Waals surface area (Å²) in [7, 11) is 0. The minimum Gasteiger partial charge on any atom is -0.314 e. The molecule has 1 aromatic rings. The van der Waals surface area contributed by atoms with Crippen LogP contribution < -0.4 is 5.32 Å². The molecule has 6 heteroatoms. The van der Waals surface area contributed by atoms with Gasteiger partial charge in [0.05, 0.1) is 5.02 Å². The molecule has 2 nitrogen and oxygen atoms in total. The second-order valence-corrected chi connectivity index (χ2v) is 6.06. The van der Waals surface area contributed by atoms with Gasteiger partial charge in [0.1, 0.15) is 11.6 Å². The predicted molar refractivity (Wildman–Crippen MR) is 83.1 cm³/mol. The molecule has 2 aliphatic rings. The Bertz CT molecular complexity index is 489. The van der Waals surface area contributed by atoms with E-state index in [4.69, 9.17) is 11.6 Å². The highest BCUT2D eigenvalue weighted by Gasteiger charge is 2.36. The third kappa shape index (κ3) is 3.34. The molecule has 1 saturated carbocycles. The van der Waals surface area contributed by atoms with Crippen LogP contribution in [0.1, 0.15) is 30.9 Å². The van der Waals surface area contributed by atoms with Gasteiger partial charge in [-0.15, -0.1) is 12.4 Å². The highest BCUT2D eigenvalue weighted by Crippen LogP contribution is 2.44. The van der Waals surface area contributed by atoms with Crippen LogP contribution in [0.15, 0.2) is 12.1 Å². The Labute approximate surface area is 135 Å². The molecule has 0 spiro atoms. The van der Waals surface area contributed by atoms with Crippen molar-refractivity contribution in [2.45, 2.75) is 25.3 Å². The molecule has 0 bridgehead atoms. The van der Waals surface area contributed by atoms with E-state index in [1.165, 1.54) is 12.5 Å². The van der Waals surface area contributed by atoms with E-state index < -0.39 is 5.82 Å². The fourth-order valence-corrected chi connectivity index (χ4v) is 3.51. The molecule has 1 saturated heterocycles. The molecule has 2 fully saturated rings. The third-order valence-corrected chi connectivity index (χ3v) is 4.90. The fourth-order valence-electron chi connectivity index (χ4n) is 3.25. The second kappa shape index (κ2) is 7.23. The molecule has 1 N–H and O–H groups in total. The Kier molecular flexibility index (Phi) is 5.83. The quantitative estimate of drug-likeness (QED) is 0.845. The lowest BCUT2D eigenvalue weighted by Crippen LogP contribution is -2.48. The smallest absolute Gasteiger partial charge is 0.142 e. The van der Waals surface area contributed by atoms with E-state index in [1.54, 1.807) is 0 Å². The van der Waals surface area contributed by atoms with Crippen LogP contribution in [0.5, 0.6) is 0 Å². The van der Waals surface area contributed by atoms with Crippen molar-refractivity contribution in [1.82, 2.24) is 10.2 Å². The molecular formula is C15H20Cl2F2N2. The standard InChI is InChI=1S/C15H19ClF2N2.ClH/c16-14-12(18)5-4-11(17)13(14)15(10-2-1-3-10)20-8-6-19-7-9-20;/h4-5,10,15,19H,1-3,6-9H2;1H/t15-;/m0./s1. The summed E-state index contributed by atoms with van der Waals surface area (Å²) in [6.45, 7) is 3.48. The number of halogens is 4. The zero-order chi connectivity index (χ0) is 14.1. The highest BCUT2D eigenvalue weighted by molar-refractivity contribution is 6.31. The van der Waals surface area contributed by atoms with Crippen LogP contribution in [-0.2, 0) is 0 Å². The van der Waals surface area contributed by atoms with Crippen LogP contribution in [0.2, 0.25) is 5.02 Å². The zero-order valence-corrected chi connectivity index (χ0v) is 13.3. The van der Waals surface area contributed by atoms with Crippen molar-refractivity contribution in [3.05, 3.63) is 34.4 Å². The van der Waals surface area contributed by atoms with Crippen molar-refractivity contribution in [2.75, 3.05) is 26.2 Å². The van der Waals surface area contributed by atoms with Crippen LogP contribution in [0.3, 0.4) is 0 Å². The lowest BCUT2D eigenvalue weighted by atomic mass is 9.76. The lowest BCUT2D eigenvalue weighted by Gasteiger charge is -2.43. The van der Waals surface area contributed by atoms with Gasteiger partial charge in [-0.05, 0) is 30.9 Å². The normalized spacial score (nSPS) is 21.5. The maximum atomic E-state index is 14.3. The molecule has 0 radical (unpaired) electrons. The number of benzene rings is 1. The van der Waals surface area contributed by atoms with Gasteiger partial charge in [-0.3, -0.25) is 4.90 Å². The number of nitrogens with zero attached hydrogens (tertiary/aromatic N) is 1. The molecule has 1 heterocycles. The summed E-state index contributed by atoms with van der Waals surface area (Å²) >= 11 is 6.08. The first kappa shape index (κ1) is 16.9. The van der Waals surface area contributed by atoms with E-state index in [9.17, 15) is 8.78 Å². The van der Waals surface area contributed by atoms with E-state index in [2.05, 4.69) is 10.2 Å². The van der Waals surface area contributed by atoms with Crippen molar-refractivity contribution in [3.8, 4) is 0 Å². The number of rotatable bonds is 3. The number of hydrogen-bond donors (Lipinski definition) is 1. The fraction of sp³-hybridized carbons (Fsp3) is 0.600. The molecule has 1 atom stereocenters. The van der Waals surface area contributed by atoms with Crippen molar-refractivity contribution in [2.24, 2.45) is 5.92 Å². The monoisotopic (exact) mass is 336 g/mol. The summed E-state index contributed by atoms with van der Waals surface area (Å²) in [5, 5.41) is 3.25. The zero-order valence-electron chi connectivity index (χ0n) is 11.7. The first-order chi connectivity index (χ1) is 9.68. The Morgan fingerprint density at radius 3 is 2.33 bits per heavy atom. The predicted octanol–water partition coefficient (Wildman–Crippen LogP) is 3.79. The van der Waals surface area contributed by atoms with Gasteiger partial charge < -0.3 is 5.32 Å². The van der Waals surface area contributed by atoms with Crippen molar-refractivity contribution >= 4 is 24.0 Å². The van der Waals surface area contributed by atoms with Gasteiger partial charge in [0, 0.05) is 37.8 Å². The van der Waals surface area contributed by atoms with Gasteiger partial charge in [-0.2, -0.15) is 0 Å². The topological polar surface area (TPSA) is 15.3 Å². The summed E-state index contributed by atoms with van der Waals surface area (Å²) in [5.41, 5.74) is 0.360. The molecule has 1 aliphatic heterocycles. The summed E-state index contributed by atoms with van der Waals surface area (Å²) in [4.78, 5) is 2.25. The highest BCUT2D eigenvalue weighted by atomic mass is 35.5. The molecule has 0 aromatic heterocycles. The van der Waals surface area contributed by atoms with E-state index in [0.717, 1.165) is 45.1 Å². The van der Waals surface area contributed by atoms with Crippen LogP contribution >= 0.6 is 24.0 Å². The van der Waals surface area contributed by atoms with E-state index in [-0.39, 0.29) is 29.3 Å². The average molecular weight is 337 g/mol. The van der Waals surface area contributed by atoms with E-state index in [1.807, 2.05) is 0 Å². The first-order valence-corrected chi connectivity index (χ1v) is 7.64. The molecule has 0 amide bonds. The van der Waals surface area contributed by atoms with Gasteiger partial charge in [-0.1, -0.05) is 18.0 Å². The molecule has 0 unspecified atom stereocenters. The van der Waals surface area contributed by atoms with Gasteiger partial charge in [0.15, 0.2) is 0 Å². The van der Waals surface area contributed by atoms with Gasteiger partial charge in [0.2, 0.25) is 0 Å². The van der Waals surface area contributed by atoms with Crippen LogP contribution in [0.4, 0.5) is 8.78 Å². The van der Waals surface area contributed by atoms with Gasteiger partial charge >= 0.3 is 0 Å². The summed E-state index contributed by atoms with van der Waals surface area (Å²) < 4.78 is 28.0. The Morgan fingerprint density at radius 1 is 1.14 bits per heavy atom. The molecule has 21 heavy (non-hydrogen) atoms. The second-order valence-electron chi connectivity index (χ2n) is 5.68. The van der Waals surface area contributed by atoms with Crippen molar-refractivity contribution in [1.29, 1.82) is 0 Å². The summed E-state index contributed by atoms with van der Waals surface area (Å²) in [5.74, 6) is -0.517. The Balaban J connectivity index is 0.00000161. The SMILES string of the molecule is Cl.Fc1ccc(F)c([C@H](C2CCC2)N2CCNCC2)c1Cl. The maximum Gasteiger partial charge on any atom is 0.142 e. The van der Waals surface area contributed by atoms with E-state index in [0.29, 0.717) is 11.5 Å². The van der Waals surface area contributed by atoms with E-state index >= 15 is 0 Å². The molecule has 1 aromatic carbocycles. The first-order valence-electron chi connectivity index (χ1n) is 7.26. The van der Waals surface area contributed by atoms with Gasteiger partial charge in [-0.25, -0.2) is 8.78 Å². The molecule has 1 aliphatic carbocycles. The van der Waals surface area contributed by atoms with Crippen molar-refractivity contribution < 1.29 is 8.78 Å². The summed E-state index contributed by atoms with van der Waals surface area (Å²) in [6.07, 6.45) is 3.31. The molecule has 3 rings (SSSR count). The lowest BCUT2D eigenvalue weighted by molar-refractivity contribution is 0.0810. The van der Waals surface area contributed by atoms with Crippen LogP contribution in [-0.4, -0.2) is 31.1 Å². The maximum absolute atomic E-state index is 14.3. The van der Waals surface area contributed by atoms with Crippen LogP contribution in [0, 0.1) is 17.6 Å².